The van der Waals surface area contributed by atoms with Crippen LogP contribution in [0.4, 0.5) is 0 Å². The number of carbonyl (C=O) groups is 2. The van der Waals surface area contributed by atoms with Crippen molar-refractivity contribution in [3.63, 3.8) is 0 Å². The third-order valence-electron chi connectivity index (χ3n) is 1.04. The first-order chi connectivity index (χ1) is 5.25. The van der Waals surface area contributed by atoms with Gasteiger partial charge in [0.25, 0.3) is 0 Å². The third kappa shape index (κ3) is 7.67. The Morgan fingerprint density at radius 2 is 1.57 bits per heavy atom. The predicted molar refractivity (Wildman–Crippen MR) is 30.5 cm³/mol. The van der Waals surface area contributed by atoms with Gasteiger partial charge in [0.1, 0.15) is 5.66 Å². The molecule has 2 N–H and O–H groups in total. The molecule has 0 heterocycles. The Labute approximate surface area is 103 Å². The van der Waals surface area contributed by atoms with Crippen molar-refractivity contribution in [2.24, 2.45) is 0 Å². The van der Waals surface area contributed by atoms with Gasteiger partial charge in [-0.1, -0.05) is 0 Å². The molecule has 1 atom stereocenters. The first kappa shape index (κ1) is 19.8. The smallest absolute Gasteiger partial charge is 0.550 e. The third-order valence-corrected chi connectivity index (χ3v) is 2.24. The molecular formula is C4H5Li2O7P. The zero-order chi connectivity index (χ0) is 9.94. The number of hydrogen-bond acceptors (Lipinski definition) is 5. The fourth-order valence-corrected chi connectivity index (χ4v) is 1.16. The Hall–Kier alpha value is 0.285. The summed E-state index contributed by atoms with van der Waals surface area (Å²) in [5.74, 6) is -3.96. The van der Waals surface area contributed by atoms with Crippen LogP contribution < -0.4 is 47.9 Å². The van der Waals surface area contributed by atoms with Gasteiger partial charge in [-0.05, 0) is 0 Å². The second-order valence-electron chi connectivity index (χ2n) is 2.00. The topological polar surface area (TPSA) is 138 Å². The van der Waals surface area contributed by atoms with Crippen molar-refractivity contribution in [1.82, 2.24) is 0 Å². The number of carboxylic acid groups (broad SMARTS) is 2. The van der Waals surface area contributed by atoms with Gasteiger partial charge in [0.15, 0.2) is 0 Å². The normalized spacial score (nSPS) is 11.9. The van der Waals surface area contributed by atoms with Crippen LogP contribution in [0, 0.1) is 0 Å². The zero-order valence-corrected chi connectivity index (χ0v) is 8.56. The molecular weight excluding hydrogens is 205 g/mol. The summed E-state index contributed by atoms with van der Waals surface area (Å²) < 4.78 is 10.3. The van der Waals surface area contributed by atoms with Crippen LogP contribution in [0.15, 0.2) is 0 Å². The molecule has 0 aromatic rings. The minimum absolute atomic E-state index is 0. The van der Waals surface area contributed by atoms with Gasteiger partial charge in [0.2, 0.25) is 0 Å². The minimum atomic E-state index is -4.97. The fraction of sp³-hybridized carbons (Fsp3) is 0.500. The van der Waals surface area contributed by atoms with Crippen molar-refractivity contribution in [2.45, 2.75) is 12.1 Å². The Morgan fingerprint density at radius 1 is 1.21 bits per heavy atom. The summed E-state index contributed by atoms with van der Waals surface area (Å²) in [4.78, 5) is 36.4. The predicted octanol–water partition coefficient (Wildman–Crippen LogP) is -9.57. The molecule has 14 heavy (non-hydrogen) atoms. The Kier molecular flexibility index (Phi) is 10.7. The van der Waals surface area contributed by atoms with E-state index < -0.39 is 31.6 Å². The SMILES string of the molecule is O=C([O-])CC(C(=O)[O-])P(=O)(O)O.[Li+].[Li+]. The van der Waals surface area contributed by atoms with E-state index in [1.807, 2.05) is 0 Å². The summed E-state index contributed by atoms with van der Waals surface area (Å²) in [6.07, 6.45) is -1.26. The largest absolute Gasteiger partial charge is 1.00 e. The van der Waals surface area contributed by atoms with Gasteiger partial charge in [-0.15, -0.1) is 0 Å². The van der Waals surface area contributed by atoms with Crippen molar-refractivity contribution in [3.05, 3.63) is 0 Å². The van der Waals surface area contributed by atoms with Crippen LogP contribution in [0.25, 0.3) is 0 Å². The molecule has 0 aliphatic carbocycles. The molecule has 10 heteroatoms. The van der Waals surface area contributed by atoms with Crippen LogP contribution in [-0.2, 0) is 14.2 Å². The maximum Gasteiger partial charge on any atom is 1.00 e. The Balaban J connectivity index is -0.000000605. The van der Waals surface area contributed by atoms with Gasteiger partial charge in [-0.25, -0.2) is 0 Å². The quantitative estimate of drug-likeness (QED) is 0.347. The summed E-state index contributed by atoms with van der Waals surface area (Å²) in [5.41, 5.74) is -2.33. The molecule has 70 valence electrons. The fourth-order valence-electron chi connectivity index (χ4n) is 0.497. The average Bonchev–Trinajstić information content (AvgIpc) is 1.79. The summed E-state index contributed by atoms with van der Waals surface area (Å²) in [7, 11) is -4.97. The minimum Gasteiger partial charge on any atom is -0.550 e. The summed E-state index contributed by atoms with van der Waals surface area (Å²) >= 11 is 0. The number of rotatable bonds is 4. The van der Waals surface area contributed by atoms with Crippen molar-refractivity contribution < 1.29 is 71.9 Å². The molecule has 7 nitrogen and oxygen atoms in total. The van der Waals surface area contributed by atoms with E-state index in [0.717, 1.165) is 0 Å². The van der Waals surface area contributed by atoms with Crippen molar-refractivity contribution >= 4 is 19.5 Å². The van der Waals surface area contributed by atoms with Crippen molar-refractivity contribution in [2.75, 3.05) is 0 Å². The van der Waals surface area contributed by atoms with E-state index in [-0.39, 0.29) is 37.7 Å². The molecule has 0 aliphatic rings. The van der Waals surface area contributed by atoms with E-state index in [2.05, 4.69) is 0 Å². The van der Waals surface area contributed by atoms with Crippen LogP contribution in [0.2, 0.25) is 0 Å². The molecule has 0 aromatic heterocycles. The Morgan fingerprint density at radius 3 is 1.64 bits per heavy atom. The average molecular weight is 210 g/mol. The maximum absolute atomic E-state index is 10.3. The zero-order valence-electron chi connectivity index (χ0n) is 7.67. The molecule has 1 unspecified atom stereocenters. The Bertz CT molecular complexity index is 248. The van der Waals surface area contributed by atoms with Crippen molar-refractivity contribution in [1.29, 1.82) is 0 Å². The molecule has 0 amide bonds. The second kappa shape index (κ2) is 7.56. The van der Waals surface area contributed by atoms with Gasteiger partial charge in [-0.3, -0.25) is 4.57 Å². The standard InChI is InChI=1S/C4H7O7P.2Li/c5-3(6)1-2(4(7)8)12(9,10)11;;/h2H,1H2,(H,5,6)(H,7,8)(H2,9,10,11);;/q;2*+1/p-2. The number of hydrogen-bond donors (Lipinski definition) is 2. The summed E-state index contributed by atoms with van der Waals surface area (Å²) in [6, 6.07) is 0. The van der Waals surface area contributed by atoms with Crippen molar-refractivity contribution in [3.8, 4) is 0 Å². The van der Waals surface area contributed by atoms with Crippen LogP contribution in [0.1, 0.15) is 6.42 Å². The molecule has 0 aliphatic heterocycles. The van der Waals surface area contributed by atoms with E-state index in [1.165, 1.54) is 0 Å². The summed E-state index contributed by atoms with van der Waals surface area (Å²) in [5, 5.41) is 19.8. The first-order valence-corrected chi connectivity index (χ1v) is 4.39. The molecule has 0 rings (SSSR count). The van der Waals surface area contributed by atoms with Gasteiger partial charge in [0.05, 0.1) is 5.97 Å². The molecule has 0 aromatic carbocycles. The second-order valence-corrected chi connectivity index (χ2v) is 3.80. The monoisotopic (exact) mass is 210 g/mol. The first-order valence-electron chi connectivity index (χ1n) is 2.71. The van der Waals surface area contributed by atoms with Gasteiger partial charge >= 0.3 is 45.3 Å². The van der Waals surface area contributed by atoms with Gasteiger partial charge in [-0.2, -0.15) is 0 Å². The van der Waals surface area contributed by atoms with E-state index >= 15 is 0 Å². The van der Waals surface area contributed by atoms with E-state index in [1.54, 1.807) is 0 Å². The van der Waals surface area contributed by atoms with Crippen LogP contribution in [0.3, 0.4) is 0 Å². The molecule has 0 spiro atoms. The number of carboxylic acids is 2. The number of carbonyl (C=O) groups excluding carboxylic acids is 2. The van der Waals surface area contributed by atoms with Gasteiger partial charge in [0, 0.05) is 12.4 Å². The van der Waals surface area contributed by atoms with Crippen LogP contribution in [0.5, 0.6) is 0 Å². The number of aliphatic carboxylic acids is 2. The van der Waals surface area contributed by atoms with Crippen LogP contribution >= 0.6 is 7.60 Å². The molecule has 0 fully saturated rings. The van der Waals surface area contributed by atoms with E-state index in [0.29, 0.717) is 0 Å². The molecule has 0 saturated heterocycles. The molecule has 0 saturated carbocycles. The molecule has 0 radical (unpaired) electrons. The van der Waals surface area contributed by atoms with Gasteiger partial charge < -0.3 is 29.6 Å². The van der Waals surface area contributed by atoms with E-state index in [9.17, 15) is 24.4 Å². The van der Waals surface area contributed by atoms with E-state index in [4.69, 9.17) is 9.79 Å². The van der Waals surface area contributed by atoms with Crippen LogP contribution in [-0.4, -0.2) is 27.4 Å². The summed E-state index contributed by atoms with van der Waals surface area (Å²) in [6.45, 7) is 0. The molecule has 0 bridgehead atoms. The maximum atomic E-state index is 10.3.